The van der Waals surface area contributed by atoms with Crippen LogP contribution in [0.15, 0.2) is 18.2 Å². The monoisotopic (exact) mass is 397 g/mol. The maximum Gasteiger partial charge on any atom is 0.344 e. The number of nitrogens with one attached hydrogen (secondary N) is 1. The molecule has 1 saturated heterocycles. The number of sulfone groups is 1. The second-order valence-corrected chi connectivity index (χ2v) is 9.43. The van der Waals surface area contributed by atoms with Gasteiger partial charge >= 0.3 is 5.97 Å². The zero-order valence-electron chi connectivity index (χ0n) is 16.2. The minimum atomic E-state index is -3.08. The number of benzene rings is 1. The Hall–Kier alpha value is -2.09. The molecule has 150 valence electrons. The van der Waals surface area contributed by atoms with Crippen molar-refractivity contribution in [1.82, 2.24) is 5.32 Å². The molecule has 1 aliphatic heterocycles. The summed E-state index contributed by atoms with van der Waals surface area (Å²) in [6, 6.07) is 5.19. The van der Waals surface area contributed by atoms with Crippen molar-refractivity contribution in [1.29, 1.82) is 0 Å². The highest BCUT2D eigenvalue weighted by atomic mass is 32.2. The fourth-order valence-electron chi connectivity index (χ4n) is 3.04. The summed E-state index contributed by atoms with van der Waals surface area (Å²) in [5, 5.41) is 2.60. The van der Waals surface area contributed by atoms with Crippen LogP contribution in [0.1, 0.15) is 44.2 Å². The first-order valence-electron chi connectivity index (χ1n) is 9.01. The van der Waals surface area contributed by atoms with Crippen molar-refractivity contribution in [2.45, 2.75) is 52.2 Å². The molecule has 8 heteroatoms. The first kappa shape index (κ1) is 21.2. The predicted molar refractivity (Wildman–Crippen MR) is 102 cm³/mol. The number of amides is 1. The summed E-state index contributed by atoms with van der Waals surface area (Å²) < 4.78 is 33.3. The van der Waals surface area contributed by atoms with Crippen LogP contribution in [0, 0.1) is 6.92 Å². The largest absolute Gasteiger partial charge is 0.482 e. The summed E-state index contributed by atoms with van der Waals surface area (Å²) >= 11 is 0. The molecule has 0 spiro atoms. The molecule has 0 unspecified atom stereocenters. The molecule has 0 bridgehead atoms. The molecule has 1 N–H and O–H groups in total. The van der Waals surface area contributed by atoms with Crippen molar-refractivity contribution in [3.63, 3.8) is 0 Å². The van der Waals surface area contributed by atoms with Gasteiger partial charge in [0, 0.05) is 6.04 Å². The van der Waals surface area contributed by atoms with Gasteiger partial charge in [-0.25, -0.2) is 13.2 Å². The van der Waals surface area contributed by atoms with Crippen LogP contribution < -0.4 is 10.1 Å². The van der Waals surface area contributed by atoms with Gasteiger partial charge in [-0.1, -0.05) is 19.9 Å². The number of ether oxygens (including phenoxy) is 2. The van der Waals surface area contributed by atoms with E-state index in [-0.39, 0.29) is 18.1 Å². The van der Waals surface area contributed by atoms with Crippen LogP contribution in [0.5, 0.6) is 5.75 Å². The fraction of sp³-hybridized carbons (Fsp3) is 0.579. The van der Waals surface area contributed by atoms with Crippen LogP contribution in [0.2, 0.25) is 0 Å². The van der Waals surface area contributed by atoms with E-state index < -0.39 is 33.9 Å². The SMILES string of the molecule is Cc1cc(OCC(=O)O[C@H](C)C(=O)N[C@@H]2CCS(=O)(=O)C2)ccc1C(C)C. The summed E-state index contributed by atoms with van der Waals surface area (Å²) in [7, 11) is -3.08. The lowest BCUT2D eigenvalue weighted by atomic mass is 9.98. The quantitative estimate of drug-likeness (QED) is 0.704. The van der Waals surface area contributed by atoms with Gasteiger partial charge in [0.15, 0.2) is 22.5 Å². The van der Waals surface area contributed by atoms with Gasteiger partial charge in [0.2, 0.25) is 0 Å². The molecule has 1 amide bonds. The van der Waals surface area contributed by atoms with E-state index in [0.29, 0.717) is 18.1 Å². The molecule has 1 aromatic carbocycles. The zero-order chi connectivity index (χ0) is 20.2. The summed E-state index contributed by atoms with van der Waals surface area (Å²) in [4.78, 5) is 24.0. The van der Waals surface area contributed by atoms with Crippen molar-refractivity contribution in [2.24, 2.45) is 0 Å². The second kappa shape index (κ2) is 8.73. The zero-order valence-corrected chi connectivity index (χ0v) is 17.0. The Labute approximate surface area is 160 Å². The molecule has 2 atom stereocenters. The van der Waals surface area contributed by atoms with E-state index in [0.717, 1.165) is 5.56 Å². The highest BCUT2D eigenvalue weighted by Gasteiger charge is 2.30. The van der Waals surface area contributed by atoms with Crippen LogP contribution in [-0.4, -0.2) is 50.6 Å². The van der Waals surface area contributed by atoms with Gasteiger partial charge in [0.25, 0.3) is 5.91 Å². The maximum atomic E-state index is 12.0. The lowest BCUT2D eigenvalue weighted by Gasteiger charge is -2.17. The van der Waals surface area contributed by atoms with E-state index in [1.165, 1.54) is 12.5 Å². The number of carbonyl (C=O) groups excluding carboxylic acids is 2. The van der Waals surface area contributed by atoms with Crippen LogP contribution in [-0.2, 0) is 24.2 Å². The van der Waals surface area contributed by atoms with E-state index in [1.54, 1.807) is 6.07 Å². The molecule has 0 aromatic heterocycles. The fourth-order valence-corrected chi connectivity index (χ4v) is 4.71. The van der Waals surface area contributed by atoms with Crippen LogP contribution in [0.3, 0.4) is 0 Å². The Morgan fingerprint density at radius 1 is 1.26 bits per heavy atom. The summed E-state index contributed by atoms with van der Waals surface area (Å²) in [6.07, 6.45) is -0.640. The second-order valence-electron chi connectivity index (χ2n) is 7.20. The number of carbonyl (C=O) groups is 2. The molecule has 1 aliphatic rings. The summed E-state index contributed by atoms with van der Waals surface area (Å²) in [5.41, 5.74) is 2.29. The third-order valence-electron chi connectivity index (χ3n) is 4.48. The van der Waals surface area contributed by atoms with Crippen LogP contribution >= 0.6 is 0 Å². The number of rotatable bonds is 7. The molecule has 1 heterocycles. The predicted octanol–water partition coefficient (Wildman–Crippen LogP) is 1.73. The van der Waals surface area contributed by atoms with Gasteiger partial charge in [0.1, 0.15) is 5.75 Å². The number of aryl methyl sites for hydroxylation is 1. The van der Waals surface area contributed by atoms with E-state index in [4.69, 9.17) is 9.47 Å². The minimum Gasteiger partial charge on any atom is -0.482 e. The molecule has 0 radical (unpaired) electrons. The van der Waals surface area contributed by atoms with E-state index >= 15 is 0 Å². The molecule has 2 rings (SSSR count). The van der Waals surface area contributed by atoms with E-state index in [2.05, 4.69) is 19.2 Å². The van der Waals surface area contributed by atoms with Gasteiger partial charge < -0.3 is 14.8 Å². The minimum absolute atomic E-state index is 0.0645. The van der Waals surface area contributed by atoms with Crippen molar-refractivity contribution in [3.05, 3.63) is 29.3 Å². The van der Waals surface area contributed by atoms with Crippen LogP contribution in [0.4, 0.5) is 0 Å². The Morgan fingerprint density at radius 3 is 2.52 bits per heavy atom. The lowest BCUT2D eigenvalue weighted by molar-refractivity contribution is -0.156. The molecule has 0 aliphatic carbocycles. The number of hydrogen-bond donors (Lipinski definition) is 1. The first-order valence-corrected chi connectivity index (χ1v) is 10.8. The molecule has 7 nitrogen and oxygen atoms in total. The van der Waals surface area contributed by atoms with Crippen molar-refractivity contribution < 1.29 is 27.5 Å². The third kappa shape index (κ3) is 6.23. The summed E-state index contributed by atoms with van der Waals surface area (Å²) in [5.74, 6) is -0.228. The number of hydrogen-bond acceptors (Lipinski definition) is 6. The Kier molecular flexibility index (Phi) is 6.86. The first-order chi connectivity index (χ1) is 12.6. The van der Waals surface area contributed by atoms with E-state index in [9.17, 15) is 18.0 Å². The molecular formula is C19H27NO6S. The highest BCUT2D eigenvalue weighted by molar-refractivity contribution is 7.91. The average Bonchev–Trinajstić information content (AvgIpc) is 2.91. The van der Waals surface area contributed by atoms with Crippen molar-refractivity contribution >= 4 is 21.7 Å². The third-order valence-corrected chi connectivity index (χ3v) is 6.24. The molecule has 0 saturated carbocycles. The molecular weight excluding hydrogens is 370 g/mol. The normalized spacial score (nSPS) is 19.5. The molecule has 1 aromatic rings. The topological polar surface area (TPSA) is 98.8 Å². The average molecular weight is 397 g/mol. The van der Waals surface area contributed by atoms with Gasteiger partial charge in [-0.2, -0.15) is 0 Å². The molecule has 1 fully saturated rings. The Morgan fingerprint density at radius 2 is 1.96 bits per heavy atom. The smallest absolute Gasteiger partial charge is 0.344 e. The Bertz CT molecular complexity index is 802. The number of esters is 1. The van der Waals surface area contributed by atoms with Gasteiger partial charge in [-0.05, 0) is 49.4 Å². The molecule has 27 heavy (non-hydrogen) atoms. The van der Waals surface area contributed by atoms with Gasteiger partial charge in [0.05, 0.1) is 11.5 Å². The van der Waals surface area contributed by atoms with Crippen LogP contribution in [0.25, 0.3) is 0 Å². The van der Waals surface area contributed by atoms with E-state index in [1.807, 2.05) is 19.1 Å². The van der Waals surface area contributed by atoms with Gasteiger partial charge in [-0.15, -0.1) is 0 Å². The maximum absolute atomic E-state index is 12.0. The lowest BCUT2D eigenvalue weighted by Crippen LogP contribution is -2.43. The van der Waals surface area contributed by atoms with Crippen molar-refractivity contribution in [3.8, 4) is 5.75 Å². The van der Waals surface area contributed by atoms with Gasteiger partial charge in [-0.3, -0.25) is 4.79 Å². The standard InChI is InChI=1S/C19H27NO6S/c1-12(2)17-6-5-16(9-13(17)3)25-10-18(21)26-14(4)19(22)20-15-7-8-27(23,24)11-15/h5-6,9,12,14-15H,7-8,10-11H2,1-4H3,(H,20,22)/t14-,15-/m1/s1. The summed E-state index contributed by atoms with van der Waals surface area (Å²) in [6.45, 7) is 7.33. The Balaban J connectivity index is 1.79. The highest BCUT2D eigenvalue weighted by Crippen LogP contribution is 2.23. The van der Waals surface area contributed by atoms with Crippen molar-refractivity contribution in [2.75, 3.05) is 18.1 Å².